The number of ether oxygens (including phenoxy) is 2. The normalized spacial score (nSPS) is 13.7. The Kier molecular flexibility index (Phi) is 7.65. The van der Waals surface area contributed by atoms with E-state index >= 15 is 0 Å². The lowest BCUT2D eigenvalue weighted by Gasteiger charge is -2.17. The maximum atomic E-state index is 13.3. The monoisotopic (exact) mass is 533 g/mol. The van der Waals surface area contributed by atoms with Crippen LogP contribution in [0.25, 0.3) is 0 Å². The zero-order valence-electron chi connectivity index (χ0n) is 19.6. The van der Waals surface area contributed by atoms with Crippen molar-refractivity contribution in [2.75, 3.05) is 6.54 Å². The van der Waals surface area contributed by atoms with Crippen molar-refractivity contribution in [2.45, 2.75) is 25.9 Å². The molecule has 0 fully saturated rings. The molecule has 198 valence electrons. The van der Waals surface area contributed by atoms with E-state index in [4.69, 9.17) is 9.47 Å². The number of amides is 1. The van der Waals surface area contributed by atoms with E-state index in [1.165, 1.54) is 12.1 Å². The van der Waals surface area contributed by atoms with Crippen molar-refractivity contribution in [3.05, 3.63) is 112 Å². The highest BCUT2D eigenvalue weighted by Gasteiger charge is 2.36. The number of rotatable bonds is 9. The molecule has 1 N–H and O–H groups in total. The molecule has 1 heterocycles. The number of carboxylic acids is 1. The van der Waals surface area contributed by atoms with Gasteiger partial charge in [0.2, 0.25) is 0 Å². The van der Waals surface area contributed by atoms with E-state index < -0.39 is 41.0 Å². The SMILES string of the molecule is O=C(O)C1=C(OCc2ccc(OCc3cc(F)cc(F)c3)cc2)C(=O)N(Cc2cccc(C(F)(F)F)c2)C1. The van der Waals surface area contributed by atoms with Crippen molar-refractivity contribution in [3.8, 4) is 5.75 Å². The molecule has 1 aliphatic rings. The molecule has 3 aromatic rings. The average Bonchev–Trinajstić information content (AvgIpc) is 3.16. The van der Waals surface area contributed by atoms with Gasteiger partial charge in [0.1, 0.15) is 36.2 Å². The number of halogens is 5. The zero-order valence-corrected chi connectivity index (χ0v) is 19.6. The van der Waals surface area contributed by atoms with Crippen LogP contribution < -0.4 is 4.74 Å². The van der Waals surface area contributed by atoms with Crippen LogP contribution in [0.15, 0.2) is 78.1 Å². The molecule has 0 aromatic heterocycles. The summed E-state index contributed by atoms with van der Waals surface area (Å²) in [5, 5.41) is 9.53. The van der Waals surface area contributed by atoms with E-state index in [-0.39, 0.29) is 37.4 Å². The van der Waals surface area contributed by atoms with Crippen LogP contribution in [0.3, 0.4) is 0 Å². The first-order chi connectivity index (χ1) is 18.0. The Bertz CT molecular complexity index is 1370. The number of benzene rings is 3. The number of carboxylic acid groups (broad SMARTS) is 1. The Morgan fingerprint density at radius 2 is 1.53 bits per heavy atom. The van der Waals surface area contributed by atoms with Crippen LogP contribution in [0.5, 0.6) is 5.75 Å². The summed E-state index contributed by atoms with van der Waals surface area (Å²) >= 11 is 0. The summed E-state index contributed by atoms with van der Waals surface area (Å²) in [5.74, 6) is -3.56. The summed E-state index contributed by atoms with van der Waals surface area (Å²) < 4.78 is 76.6. The van der Waals surface area contributed by atoms with Crippen molar-refractivity contribution >= 4 is 11.9 Å². The van der Waals surface area contributed by atoms with Gasteiger partial charge in [-0.05, 0) is 53.1 Å². The fraction of sp³-hybridized carbons (Fsp3) is 0.185. The number of aliphatic carboxylic acids is 1. The highest BCUT2D eigenvalue weighted by molar-refractivity contribution is 6.04. The van der Waals surface area contributed by atoms with Crippen molar-refractivity contribution in [1.82, 2.24) is 4.90 Å². The molecule has 6 nitrogen and oxygen atoms in total. The molecule has 0 radical (unpaired) electrons. The minimum atomic E-state index is -4.55. The fourth-order valence-electron chi connectivity index (χ4n) is 3.81. The van der Waals surface area contributed by atoms with E-state index in [0.29, 0.717) is 16.9 Å². The number of carbonyl (C=O) groups excluding carboxylic acids is 1. The van der Waals surface area contributed by atoms with E-state index in [1.54, 1.807) is 24.3 Å². The van der Waals surface area contributed by atoms with Crippen LogP contribution in [0.2, 0.25) is 0 Å². The van der Waals surface area contributed by atoms with Gasteiger partial charge in [-0.3, -0.25) is 4.79 Å². The number of hydrogen-bond acceptors (Lipinski definition) is 4. The van der Waals surface area contributed by atoms with Gasteiger partial charge in [0.25, 0.3) is 5.91 Å². The van der Waals surface area contributed by atoms with Crippen LogP contribution in [-0.2, 0) is 40.3 Å². The predicted molar refractivity (Wildman–Crippen MR) is 123 cm³/mol. The highest BCUT2D eigenvalue weighted by atomic mass is 19.4. The van der Waals surface area contributed by atoms with Gasteiger partial charge in [-0.25, -0.2) is 13.6 Å². The van der Waals surface area contributed by atoms with Crippen LogP contribution >= 0.6 is 0 Å². The first kappa shape index (κ1) is 26.6. The molecule has 0 bridgehead atoms. The summed E-state index contributed by atoms with van der Waals surface area (Å²) in [6, 6.07) is 13.8. The van der Waals surface area contributed by atoms with E-state index in [9.17, 15) is 36.6 Å². The average molecular weight is 533 g/mol. The molecule has 0 aliphatic carbocycles. The number of carbonyl (C=O) groups is 2. The molecule has 1 amide bonds. The molecule has 0 spiro atoms. The molecule has 1 aliphatic heterocycles. The van der Waals surface area contributed by atoms with Crippen molar-refractivity contribution in [3.63, 3.8) is 0 Å². The number of nitrogens with zero attached hydrogens (tertiary/aromatic N) is 1. The summed E-state index contributed by atoms with van der Waals surface area (Å²) in [4.78, 5) is 25.6. The van der Waals surface area contributed by atoms with Crippen molar-refractivity contribution in [1.29, 1.82) is 0 Å². The Hall–Kier alpha value is -4.41. The summed E-state index contributed by atoms with van der Waals surface area (Å²) in [6.07, 6.45) is -4.55. The minimum Gasteiger partial charge on any atom is -0.489 e. The molecule has 3 aromatic carbocycles. The van der Waals surface area contributed by atoms with Gasteiger partial charge in [0.05, 0.1) is 12.1 Å². The first-order valence-corrected chi connectivity index (χ1v) is 11.2. The first-order valence-electron chi connectivity index (χ1n) is 11.2. The van der Waals surface area contributed by atoms with Crippen molar-refractivity contribution in [2.24, 2.45) is 0 Å². The third-order valence-corrected chi connectivity index (χ3v) is 5.62. The standard InChI is InChI=1S/C27H20F5NO5/c28-20-9-18(10-21(29)11-20)15-37-22-6-4-16(5-7-22)14-38-24-23(26(35)36)13-33(25(24)34)12-17-2-1-3-19(8-17)27(30,31)32/h1-11H,12-15H2,(H,35,36). The molecule has 0 saturated carbocycles. The Labute approximate surface area is 213 Å². The second kappa shape index (κ2) is 10.9. The lowest BCUT2D eigenvalue weighted by Crippen LogP contribution is -2.27. The predicted octanol–water partition coefficient (Wildman–Crippen LogP) is 5.46. The Balaban J connectivity index is 1.38. The molecule has 0 atom stereocenters. The Morgan fingerprint density at radius 1 is 0.868 bits per heavy atom. The topological polar surface area (TPSA) is 76.1 Å². The molecule has 0 unspecified atom stereocenters. The van der Waals surface area contributed by atoms with Crippen LogP contribution in [0.4, 0.5) is 22.0 Å². The van der Waals surface area contributed by atoms with E-state index in [2.05, 4.69) is 0 Å². The fourth-order valence-corrected chi connectivity index (χ4v) is 3.81. The maximum Gasteiger partial charge on any atom is 0.416 e. The second-order valence-electron chi connectivity index (χ2n) is 8.47. The third kappa shape index (κ3) is 6.47. The van der Waals surface area contributed by atoms with Gasteiger partial charge in [-0.2, -0.15) is 13.2 Å². The summed E-state index contributed by atoms with van der Waals surface area (Å²) in [5.41, 5.74) is -0.118. The number of alkyl halides is 3. The van der Waals surface area contributed by atoms with Gasteiger partial charge in [-0.15, -0.1) is 0 Å². The van der Waals surface area contributed by atoms with E-state index in [1.807, 2.05) is 0 Å². The zero-order chi connectivity index (χ0) is 27.4. The van der Waals surface area contributed by atoms with Gasteiger partial charge >= 0.3 is 12.1 Å². The molecular weight excluding hydrogens is 513 g/mol. The molecule has 4 rings (SSSR count). The lowest BCUT2D eigenvalue weighted by molar-refractivity contribution is -0.137. The highest BCUT2D eigenvalue weighted by Crippen LogP contribution is 2.31. The molecule has 11 heteroatoms. The minimum absolute atomic E-state index is 0.0738. The van der Waals surface area contributed by atoms with Gasteiger partial charge in [-0.1, -0.05) is 24.3 Å². The van der Waals surface area contributed by atoms with Crippen LogP contribution in [0.1, 0.15) is 22.3 Å². The Morgan fingerprint density at radius 3 is 2.16 bits per heavy atom. The van der Waals surface area contributed by atoms with Gasteiger partial charge in [0, 0.05) is 12.6 Å². The molecular formula is C27H20F5NO5. The van der Waals surface area contributed by atoms with Gasteiger partial charge in [0.15, 0.2) is 5.76 Å². The van der Waals surface area contributed by atoms with Crippen LogP contribution in [0, 0.1) is 11.6 Å². The molecule has 0 saturated heterocycles. The second-order valence-corrected chi connectivity index (χ2v) is 8.47. The summed E-state index contributed by atoms with van der Waals surface area (Å²) in [7, 11) is 0. The maximum absolute atomic E-state index is 13.3. The lowest BCUT2D eigenvalue weighted by atomic mass is 10.1. The van der Waals surface area contributed by atoms with Crippen molar-refractivity contribution < 1.29 is 46.1 Å². The largest absolute Gasteiger partial charge is 0.489 e. The smallest absolute Gasteiger partial charge is 0.416 e. The third-order valence-electron chi connectivity index (χ3n) is 5.62. The van der Waals surface area contributed by atoms with Crippen LogP contribution in [-0.4, -0.2) is 28.4 Å². The number of hydrogen-bond donors (Lipinski definition) is 1. The molecule has 38 heavy (non-hydrogen) atoms. The van der Waals surface area contributed by atoms with E-state index in [0.717, 1.165) is 35.2 Å². The summed E-state index contributed by atoms with van der Waals surface area (Å²) in [6.45, 7) is -0.791. The van der Waals surface area contributed by atoms with Gasteiger partial charge < -0.3 is 19.5 Å². The quantitative estimate of drug-likeness (QED) is 0.370.